The minimum atomic E-state index is -1.17. The number of amides is 1. The average molecular weight is 195 g/mol. The molecule has 0 saturated carbocycles. The Morgan fingerprint density at radius 1 is 1.50 bits per heavy atom. The number of nitrogens with zero attached hydrogens (tertiary/aromatic N) is 1. The molecule has 14 heavy (non-hydrogen) atoms. The van der Waals surface area contributed by atoms with Crippen LogP contribution < -0.4 is 11.1 Å². The Bertz CT molecular complexity index is 376. The van der Waals surface area contributed by atoms with E-state index < -0.39 is 6.09 Å². The van der Waals surface area contributed by atoms with Gasteiger partial charge < -0.3 is 16.0 Å². The summed E-state index contributed by atoms with van der Waals surface area (Å²) in [4.78, 5) is 10.3. The van der Waals surface area contributed by atoms with Gasteiger partial charge in [-0.25, -0.2) is 4.79 Å². The topological polar surface area (TPSA) is 108 Å². The lowest BCUT2D eigenvalue weighted by Gasteiger charge is -2.02. The minimum absolute atomic E-state index is 0.0703. The largest absolute Gasteiger partial charge is 0.465 e. The first kappa shape index (κ1) is 9.85. The SMILES string of the molecule is NC(=NO)c1cccc(NC(=O)O)c1. The number of anilines is 1. The lowest BCUT2D eigenvalue weighted by Crippen LogP contribution is -2.14. The maximum atomic E-state index is 10.3. The van der Waals surface area contributed by atoms with Crippen LogP contribution in [0, 0.1) is 0 Å². The van der Waals surface area contributed by atoms with Crippen LogP contribution in [0.2, 0.25) is 0 Å². The van der Waals surface area contributed by atoms with Crippen molar-refractivity contribution in [2.24, 2.45) is 10.9 Å². The smallest absolute Gasteiger partial charge is 0.409 e. The molecule has 1 aromatic rings. The molecule has 0 spiro atoms. The van der Waals surface area contributed by atoms with E-state index in [0.29, 0.717) is 11.3 Å². The van der Waals surface area contributed by atoms with Crippen LogP contribution in [0.1, 0.15) is 5.56 Å². The van der Waals surface area contributed by atoms with E-state index in [0.717, 1.165) is 0 Å². The molecule has 6 nitrogen and oxygen atoms in total. The fraction of sp³-hybridized carbons (Fsp3) is 0. The van der Waals surface area contributed by atoms with Gasteiger partial charge in [-0.1, -0.05) is 17.3 Å². The number of rotatable bonds is 2. The van der Waals surface area contributed by atoms with E-state index >= 15 is 0 Å². The molecule has 1 rings (SSSR count). The Morgan fingerprint density at radius 3 is 2.79 bits per heavy atom. The number of benzene rings is 1. The molecule has 0 aliphatic rings. The fourth-order valence-corrected chi connectivity index (χ4v) is 0.937. The Balaban J connectivity index is 2.95. The molecular formula is C8H9N3O3. The molecule has 0 aromatic heterocycles. The average Bonchev–Trinajstić information content (AvgIpc) is 2.16. The van der Waals surface area contributed by atoms with Crippen LogP contribution in [-0.2, 0) is 0 Å². The van der Waals surface area contributed by atoms with Gasteiger partial charge in [0.15, 0.2) is 5.84 Å². The number of nitrogens with two attached hydrogens (primary N) is 1. The van der Waals surface area contributed by atoms with Crippen LogP contribution in [0.4, 0.5) is 10.5 Å². The van der Waals surface area contributed by atoms with E-state index in [2.05, 4.69) is 10.5 Å². The molecule has 5 N–H and O–H groups in total. The number of hydrogen-bond donors (Lipinski definition) is 4. The molecule has 74 valence electrons. The molecule has 0 unspecified atom stereocenters. The van der Waals surface area contributed by atoms with Crippen molar-refractivity contribution in [2.45, 2.75) is 0 Å². The Kier molecular flexibility index (Phi) is 2.90. The number of amidine groups is 1. The molecule has 1 amide bonds. The third-order valence-electron chi connectivity index (χ3n) is 1.52. The van der Waals surface area contributed by atoms with E-state index in [1.807, 2.05) is 0 Å². The summed E-state index contributed by atoms with van der Waals surface area (Å²) in [5.41, 5.74) is 6.12. The molecular weight excluding hydrogens is 186 g/mol. The van der Waals surface area contributed by atoms with Crippen molar-refractivity contribution in [1.82, 2.24) is 0 Å². The molecule has 0 fully saturated rings. The highest BCUT2D eigenvalue weighted by Gasteiger charge is 2.02. The molecule has 1 aromatic carbocycles. The summed E-state index contributed by atoms with van der Waals surface area (Å²) in [6.07, 6.45) is -1.17. The van der Waals surface area contributed by atoms with Gasteiger partial charge >= 0.3 is 6.09 Å². The van der Waals surface area contributed by atoms with E-state index in [1.165, 1.54) is 6.07 Å². The van der Waals surface area contributed by atoms with Crippen molar-refractivity contribution >= 4 is 17.6 Å². The third-order valence-corrected chi connectivity index (χ3v) is 1.52. The lowest BCUT2D eigenvalue weighted by atomic mass is 10.2. The van der Waals surface area contributed by atoms with Crippen LogP contribution in [0.25, 0.3) is 0 Å². The zero-order valence-electron chi connectivity index (χ0n) is 7.14. The summed E-state index contributed by atoms with van der Waals surface area (Å²) in [5, 5.41) is 21.8. The van der Waals surface area contributed by atoms with Crippen molar-refractivity contribution in [3.63, 3.8) is 0 Å². The van der Waals surface area contributed by atoms with Gasteiger partial charge in [0.05, 0.1) is 0 Å². The predicted octanol–water partition coefficient (Wildman–Crippen LogP) is 0.871. The normalized spacial score (nSPS) is 11.0. The highest BCUT2D eigenvalue weighted by Crippen LogP contribution is 2.09. The number of carbonyl (C=O) groups is 1. The highest BCUT2D eigenvalue weighted by atomic mass is 16.4. The number of carboxylic acid groups (broad SMARTS) is 1. The second-order valence-corrected chi connectivity index (χ2v) is 2.50. The van der Waals surface area contributed by atoms with Crippen LogP contribution in [0.3, 0.4) is 0 Å². The van der Waals surface area contributed by atoms with E-state index in [9.17, 15) is 4.79 Å². The number of hydrogen-bond acceptors (Lipinski definition) is 3. The fourth-order valence-electron chi connectivity index (χ4n) is 0.937. The van der Waals surface area contributed by atoms with E-state index in [4.69, 9.17) is 16.0 Å². The van der Waals surface area contributed by atoms with Crippen molar-refractivity contribution in [3.05, 3.63) is 29.8 Å². The Labute approximate surface area is 79.7 Å². The van der Waals surface area contributed by atoms with Crippen LogP contribution in [0.5, 0.6) is 0 Å². The van der Waals surface area contributed by atoms with Crippen molar-refractivity contribution in [2.75, 3.05) is 5.32 Å². The molecule has 6 heteroatoms. The molecule has 0 saturated heterocycles. The van der Waals surface area contributed by atoms with Gasteiger partial charge in [-0.3, -0.25) is 5.32 Å². The molecule has 0 aliphatic carbocycles. The summed E-state index contributed by atoms with van der Waals surface area (Å²) >= 11 is 0. The number of nitrogens with one attached hydrogen (secondary N) is 1. The molecule has 0 bridgehead atoms. The standard InChI is InChI=1S/C8H9N3O3/c9-7(11-14)5-2-1-3-6(4-5)10-8(12)13/h1-4,10,14H,(H2,9,11)(H,12,13). The summed E-state index contributed by atoms with van der Waals surface area (Å²) in [6, 6.07) is 6.21. The predicted molar refractivity (Wildman–Crippen MR) is 50.6 cm³/mol. The first-order valence-electron chi connectivity index (χ1n) is 3.71. The molecule has 0 atom stereocenters. The zero-order chi connectivity index (χ0) is 10.6. The van der Waals surface area contributed by atoms with E-state index in [-0.39, 0.29) is 5.84 Å². The third kappa shape index (κ3) is 2.37. The molecule has 0 heterocycles. The monoisotopic (exact) mass is 195 g/mol. The summed E-state index contributed by atoms with van der Waals surface area (Å²) in [5.74, 6) is -0.0703. The van der Waals surface area contributed by atoms with Crippen molar-refractivity contribution in [3.8, 4) is 0 Å². The Hall–Kier alpha value is -2.24. The van der Waals surface area contributed by atoms with Gasteiger partial charge in [0.1, 0.15) is 0 Å². The summed E-state index contributed by atoms with van der Waals surface area (Å²) in [7, 11) is 0. The molecule has 0 radical (unpaired) electrons. The summed E-state index contributed by atoms with van der Waals surface area (Å²) in [6.45, 7) is 0. The van der Waals surface area contributed by atoms with Crippen molar-refractivity contribution < 1.29 is 15.1 Å². The van der Waals surface area contributed by atoms with Gasteiger partial charge in [0.25, 0.3) is 0 Å². The summed E-state index contributed by atoms with van der Waals surface area (Å²) < 4.78 is 0. The first-order chi connectivity index (χ1) is 6.63. The minimum Gasteiger partial charge on any atom is -0.465 e. The van der Waals surface area contributed by atoms with Crippen LogP contribution >= 0.6 is 0 Å². The van der Waals surface area contributed by atoms with Gasteiger partial charge in [-0.15, -0.1) is 0 Å². The maximum Gasteiger partial charge on any atom is 0.409 e. The van der Waals surface area contributed by atoms with Gasteiger partial charge in [0, 0.05) is 11.3 Å². The molecule has 0 aliphatic heterocycles. The second kappa shape index (κ2) is 4.13. The van der Waals surface area contributed by atoms with E-state index in [1.54, 1.807) is 18.2 Å². The first-order valence-corrected chi connectivity index (χ1v) is 3.71. The quantitative estimate of drug-likeness (QED) is 0.243. The maximum absolute atomic E-state index is 10.3. The van der Waals surface area contributed by atoms with Gasteiger partial charge in [-0.2, -0.15) is 0 Å². The highest BCUT2D eigenvalue weighted by molar-refractivity contribution is 5.98. The number of oxime groups is 1. The van der Waals surface area contributed by atoms with Crippen LogP contribution in [0.15, 0.2) is 29.4 Å². The van der Waals surface area contributed by atoms with Gasteiger partial charge in [0.2, 0.25) is 0 Å². The second-order valence-electron chi connectivity index (χ2n) is 2.50. The lowest BCUT2D eigenvalue weighted by molar-refractivity contribution is 0.210. The van der Waals surface area contributed by atoms with Crippen LogP contribution in [-0.4, -0.2) is 22.2 Å². The Morgan fingerprint density at radius 2 is 2.21 bits per heavy atom. The van der Waals surface area contributed by atoms with Gasteiger partial charge in [-0.05, 0) is 12.1 Å². The van der Waals surface area contributed by atoms with Crippen molar-refractivity contribution in [1.29, 1.82) is 0 Å². The zero-order valence-corrected chi connectivity index (χ0v) is 7.14.